The highest BCUT2D eigenvalue weighted by molar-refractivity contribution is 7.09. The fourth-order valence-electron chi connectivity index (χ4n) is 2.97. The van der Waals surface area contributed by atoms with E-state index in [4.69, 9.17) is 0 Å². The van der Waals surface area contributed by atoms with Gasteiger partial charge in [-0.3, -0.25) is 9.89 Å². The first-order chi connectivity index (χ1) is 10.1. The predicted octanol–water partition coefficient (Wildman–Crippen LogP) is 2.78. The van der Waals surface area contributed by atoms with Gasteiger partial charge in [0.2, 0.25) is 5.91 Å². The first kappa shape index (κ1) is 14.3. The number of nitrogens with zero attached hydrogens (tertiary/aromatic N) is 3. The van der Waals surface area contributed by atoms with Crippen molar-refractivity contribution in [3.8, 4) is 0 Å². The molecule has 1 N–H and O–H groups in total. The quantitative estimate of drug-likeness (QED) is 0.948. The summed E-state index contributed by atoms with van der Waals surface area (Å²) >= 11 is 1.60. The van der Waals surface area contributed by atoms with E-state index >= 15 is 0 Å². The Morgan fingerprint density at radius 2 is 2.33 bits per heavy atom. The van der Waals surface area contributed by atoms with Gasteiger partial charge in [0.15, 0.2) is 0 Å². The zero-order valence-corrected chi connectivity index (χ0v) is 13.2. The van der Waals surface area contributed by atoms with Crippen LogP contribution in [0.25, 0.3) is 0 Å². The molecule has 2 aromatic rings. The highest BCUT2D eigenvalue weighted by Gasteiger charge is 2.30. The Morgan fingerprint density at radius 1 is 1.48 bits per heavy atom. The lowest BCUT2D eigenvalue weighted by Crippen LogP contribution is -2.39. The van der Waals surface area contributed by atoms with Gasteiger partial charge in [0, 0.05) is 11.9 Å². The molecule has 0 unspecified atom stereocenters. The summed E-state index contributed by atoms with van der Waals surface area (Å²) in [6.07, 6.45) is 5.46. The third kappa shape index (κ3) is 3.00. The number of hydrogen-bond donors (Lipinski definition) is 1. The Morgan fingerprint density at radius 3 is 3.00 bits per heavy atom. The zero-order chi connectivity index (χ0) is 14.8. The van der Waals surface area contributed by atoms with Gasteiger partial charge in [0.1, 0.15) is 0 Å². The van der Waals surface area contributed by atoms with E-state index in [-0.39, 0.29) is 11.9 Å². The highest BCUT2D eigenvalue weighted by Crippen LogP contribution is 2.31. The molecule has 1 fully saturated rings. The third-order valence-electron chi connectivity index (χ3n) is 4.02. The van der Waals surface area contributed by atoms with Crippen LogP contribution in [0.5, 0.6) is 0 Å². The van der Waals surface area contributed by atoms with Gasteiger partial charge < -0.3 is 4.90 Å². The number of thiazole rings is 1. The van der Waals surface area contributed by atoms with Crippen LogP contribution in [0.4, 0.5) is 0 Å². The van der Waals surface area contributed by atoms with Crippen LogP contribution in [0.2, 0.25) is 0 Å². The molecule has 1 saturated heterocycles. The largest absolute Gasteiger partial charge is 0.334 e. The molecule has 5 nitrogen and oxygen atoms in total. The second kappa shape index (κ2) is 5.97. The SMILES string of the molecule is Cc1nc(CC(=O)N2CCCC[C@H]2c2[nH]ncc2C)cs1. The number of likely N-dealkylation sites (tertiary alicyclic amines) is 1. The molecule has 0 saturated carbocycles. The summed E-state index contributed by atoms with van der Waals surface area (Å²) in [6, 6.07) is 0.133. The van der Waals surface area contributed by atoms with Crippen LogP contribution in [-0.2, 0) is 11.2 Å². The first-order valence-corrected chi connectivity index (χ1v) is 8.23. The molecule has 1 aliphatic rings. The van der Waals surface area contributed by atoms with E-state index in [0.717, 1.165) is 47.8 Å². The molecular formula is C15H20N4OS. The van der Waals surface area contributed by atoms with Gasteiger partial charge >= 0.3 is 0 Å². The molecule has 2 aromatic heterocycles. The average Bonchev–Trinajstić information content (AvgIpc) is 3.07. The fraction of sp³-hybridized carbons (Fsp3) is 0.533. The summed E-state index contributed by atoms with van der Waals surface area (Å²) in [4.78, 5) is 19.1. The Hall–Kier alpha value is -1.69. The molecular weight excluding hydrogens is 284 g/mol. The molecule has 0 bridgehead atoms. The standard InChI is InChI=1S/C15H20N4OS/c1-10-8-16-18-15(10)13-5-3-4-6-19(13)14(20)7-12-9-21-11(2)17-12/h8-9,13H,3-7H2,1-2H3,(H,16,18)/t13-/m0/s1. The van der Waals surface area contributed by atoms with Gasteiger partial charge in [-0.2, -0.15) is 5.10 Å². The van der Waals surface area contributed by atoms with Crippen molar-refractivity contribution in [1.29, 1.82) is 0 Å². The van der Waals surface area contributed by atoms with Crippen molar-refractivity contribution in [3.05, 3.63) is 33.5 Å². The number of rotatable bonds is 3. The second-order valence-corrected chi connectivity index (χ2v) is 6.66. The van der Waals surface area contributed by atoms with Crippen LogP contribution in [0.1, 0.15) is 47.3 Å². The lowest BCUT2D eigenvalue weighted by atomic mass is 9.97. The monoisotopic (exact) mass is 304 g/mol. The number of aryl methyl sites for hydroxylation is 2. The maximum atomic E-state index is 12.6. The minimum atomic E-state index is 0.133. The second-order valence-electron chi connectivity index (χ2n) is 5.60. The minimum absolute atomic E-state index is 0.133. The number of amides is 1. The Bertz CT molecular complexity index is 633. The summed E-state index contributed by atoms with van der Waals surface area (Å²) in [6.45, 7) is 4.83. The summed E-state index contributed by atoms with van der Waals surface area (Å²) < 4.78 is 0. The smallest absolute Gasteiger partial charge is 0.229 e. The normalized spacial score (nSPS) is 19.0. The molecule has 21 heavy (non-hydrogen) atoms. The van der Waals surface area contributed by atoms with E-state index in [1.165, 1.54) is 0 Å². The lowest BCUT2D eigenvalue weighted by molar-refractivity contribution is -0.134. The molecule has 0 radical (unpaired) electrons. The van der Waals surface area contributed by atoms with Crippen LogP contribution in [0.15, 0.2) is 11.6 Å². The van der Waals surface area contributed by atoms with E-state index in [1.807, 2.05) is 30.3 Å². The molecule has 3 rings (SSSR count). The molecule has 3 heterocycles. The van der Waals surface area contributed by atoms with Crippen molar-refractivity contribution in [3.63, 3.8) is 0 Å². The summed E-state index contributed by atoms with van der Waals surface area (Å²) in [5.74, 6) is 0.166. The maximum absolute atomic E-state index is 12.6. The summed E-state index contributed by atoms with van der Waals surface area (Å²) in [5, 5.41) is 10.2. The number of H-pyrrole nitrogens is 1. The van der Waals surface area contributed by atoms with E-state index in [2.05, 4.69) is 15.2 Å². The van der Waals surface area contributed by atoms with Crippen molar-refractivity contribution >= 4 is 17.2 Å². The molecule has 0 spiro atoms. The van der Waals surface area contributed by atoms with Gasteiger partial charge in [0.25, 0.3) is 0 Å². The number of hydrogen-bond acceptors (Lipinski definition) is 4. The average molecular weight is 304 g/mol. The number of aromatic nitrogens is 3. The topological polar surface area (TPSA) is 61.9 Å². The van der Waals surface area contributed by atoms with E-state index in [0.29, 0.717) is 6.42 Å². The Kier molecular flexibility index (Phi) is 4.05. The summed E-state index contributed by atoms with van der Waals surface area (Å²) in [7, 11) is 0. The molecule has 1 atom stereocenters. The molecule has 6 heteroatoms. The zero-order valence-electron chi connectivity index (χ0n) is 12.4. The predicted molar refractivity (Wildman–Crippen MR) is 82.2 cm³/mol. The molecule has 1 amide bonds. The number of nitrogens with one attached hydrogen (secondary N) is 1. The molecule has 0 aromatic carbocycles. The molecule has 1 aliphatic heterocycles. The van der Waals surface area contributed by atoms with Crippen molar-refractivity contribution < 1.29 is 4.79 Å². The highest BCUT2D eigenvalue weighted by atomic mass is 32.1. The van der Waals surface area contributed by atoms with E-state index in [1.54, 1.807) is 11.3 Å². The minimum Gasteiger partial charge on any atom is -0.334 e. The van der Waals surface area contributed by atoms with Crippen LogP contribution in [-0.4, -0.2) is 32.5 Å². The first-order valence-electron chi connectivity index (χ1n) is 7.35. The van der Waals surface area contributed by atoms with Crippen molar-refractivity contribution in [2.75, 3.05) is 6.54 Å². The fourth-order valence-corrected chi connectivity index (χ4v) is 3.58. The van der Waals surface area contributed by atoms with Gasteiger partial charge in [-0.1, -0.05) is 0 Å². The van der Waals surface area contributed by atoms with Crippen LogP contribution in [0.3, 0.4) is 0 Å². The van der Waals surface area contributed by atoms with Crippen LogP contribution < -0.4 is 0 Å². The maximum Gasteiger partial charge on any atom is 0.229 e. The van der Waals surface area contributed by atoms with E-state index in [9.17, 15) is 4.79 Å². The number of carbonyl (C=O) groups excluding carboxylic acids is 1. The van der Waals surface area contributed by atoms with Gasteiger partial charge in [-0.05, 0) is 38.7 Å². The number of piperidine rings is 1. The van der Waals surface area contributed by atoms with Crippen molar-refractivity contribution in [2.45, 2.75) is 45.6 Å². The molecule has 0 aliphatic carbocycles. The van der Waals surface area contributed by atoms with Crippen molar-refractivity contribution in [1.82, 2.24) is 20.1 Å². The van der Waals surface area contributed by atoms with Crippen molar-refractivity contribution in [2.24, 2.45) is 0 Å². The number of aromatic amines is 1. The Balaban J connectivity index is 1.77. The van der Waals surface area contributed by atoms with Gasteiger partial charge in [0.05, 0.1) is 35.1 Å². The van der Waals surface area contributed by atoms with Crippen LogP contribution in [0, 0.1) is 13.8 Å². The van der Waals surface area contributed by atoms with E-state index < -0.39 is 0 Å². The van der Waals surface area contributed by atoms with Gasteiger partial charge in [-0.15, -0.1) is 11.3 Å². The van der Waals surface area contributed by atoms with Gasteiger partial charge in [-0.25, -0.2) is 4.98 Å². The third-order valence-corrected chi connectivity index (χ3v) is 4.85. The van der Waals surface area contributed by atoms with Crippen LogP contribution >= 0.6 is 11.3 Å². The molecule has 112 valence electrons. The lowest BCUT2D eigenvalue weighted by Gasteiger charge is -2.35. The Labute approximate surface area is 128 Å². The summed E-state index contributed by atoms with van der Waals surface area (Å²) in [5.41, 5.74) is 3.09. The number of carbonyl (C=O) groups is 1.